The molecule has 0 aromatic carbocycles. The Morgan fingerprint density at radius 3 is 0.984 bits per heavy atom. The molecular weight excluding hydrogens is 793 g/mol. The van der Waals surface area contributed by atoms with Gasteiger partial charge in [-0.25, -0.2) is 0 Å². The maximum absolute atomic E-state index is 12.8. The number of hydrogen-bond acceptors (Lipinski definition) is 6. The lowest BCUT2D eigenvalue weighted by Crippen LogP contribution is -2.30. The topological polar surface area (TPSA) is 78.9 Å². The zero-order valence-electron chi connectivity index (χ0n) is 42.0. The summed E-state index contributed by atoms with van der Waals surface area (Å²) in [6, 6.07) is 0. The summed E-state index contributed by atoms with van der Waals surface area (Å²) in [6.45, 7) is 6.52. The van der Waals surface area contributed by atoms with Crippen molar-refractivity contribution in [1.82, 2.24) is 0 Å². The highest BCUT2D eigenvalue weighted by atomic mass is 16.6. The summed E-state index contributed by atoms with van der Waals surface area (Å²) in [7, 11) is 0. The number of hydrogen-bond donors (Lipinski definition) is 0. The third kappa shape index (κ3) is 49.9. The Morgan fingerprint density at radius 2 is 0.609 bits per heavy atom. The Labute approximate surface area is 395 Å². The van der Waals surface area contributed by atoms with E-state index in [2.05, 4.69) is 69.4 Å². The van der Waals surface area contributed by atoms with Gasteiger partial charge in [-0.05, 0) is 64.2 Å². The van der Waals surface area contributed by atoms with Crippen LogP contribution in [0, 0.1) is 0 Å². The van der Waals surface area contributed by atoms with Crippen LogP contribution in [-0.4, -0.2) is 37.2 Å². The van der Waals surface area contributed by atoms with Crippen molar-refractivity contribution in [2.24, 2.45) is 0 Å². The molecule has 0 amide bonds. The van der Waals surface area contributed by atoms with Crippen LogP contribution in [0.25, 0.3) is 0 Å². The number of carbonyl (C=O) groups excluding carboxylic acids is 3. The molecule has 0 aromatic heterocycles. The van der Waals surface area contributed by atoms with Crippen molar-refractivity contribution in [3.63, 3.8) is 0 Å². The standard InChI is InChI=1S/C58H100O6/c1-4-7-10-13-16-19-22-24-26-28-30-31-33-36-39-42-45-48-51-57(60)63-54-55(53-62-56(59)50-47-44-41-38-35-21-18-15-12-9-6-3)64-58(61)52-49-46-43-40-37-34-32-29-27-25-23-20-17-14-11-8-5-2/h10,13,16,19,22,24-28,30-31,55H,4-9,11-12,14-15,17-18,20-21,23,29,32-54H2,1-3H3/b13-10-,19-16-,24-22-,27-25-,28-26-,31-30-. The van der Waals surface area contributed by atoms with Crippen LogP contribution in [0.4, 0.5) is 0 Å². The van der Waals surface area contributed by atoms with E-state index >= 15 is 0 Å². The van der Waals surface area contributed by atoms with E-state index in [-0.39, 0.29) is 31.1 Å². The van der Waals surface area contributed by atoms with Gasteiger partial charge in [-0.3, -0.25) is 14.4 Å². The minimum Gasteiger partial charge on any atom is -0.462 e. The average Bonchev–Trinajstić information content (AvgIpc) is 3.29. The van der Waals surface area contributed by atoms with Crippen molar-refractivity contribution in [3.05, 3.63) is 72.9 Å². The van der Waals surface area contributed by atoms with Crippen LogP contribution in [-0.2, 0) is 28.6 Å². The highest BCUT2D eigenvalue weighted by Gasteiger charge is 2.19. The van der Waals surface area contributed by atoms with Crippen LogP contribution >= 0.6 is 0 Å². The van der Waals surface area contributed by atoms with Gasteiger partial charge in [0.15, 0.2) is 6.10 Å². The van der Waals surface area contributed by atoms with E-state index in [1.165, 1.54) is 135 Å². The lowest BCUT2D eigenvalue weighted by molar-refractivity contribution is -0.167. The van der Waals surface area contributed by atoms with E-state index in [1.807, 2.05) is 24.3 Å². The Kier molecular flexibility index (Phi) is 49.9. The molecule has 1 unspecified atom stereocenters. The normalized spacial score (nSPS) is 12.6. The zero-order chi connectivity index (χ0) is 46.5. The maximum Gasteiger partial charge on any atom is 0.306 e. The minimum absolute atomic E-state index is 0.0839. The first-order chi connectivity index (χ1) is 31.5. The fourth-order valence-electron chi connectivity index (χ4n) is 7.47. The molecule has 0 aliphatic heterocycles. The summed E-state index contributed by atoms with van der Waals surface area (Å²) in [6.07, 6.45) is 65.9. The van der Waals surface area contributed by atoms with E-state index in [0.29, 0.717) is 19.3 Å². The van der Waals surface area contributed by atoms with Gasteiger partial charge in [0.2, 0.25) is 0 Å². The molecule has 6 heteroatoms. The van der Waals surface area contributed by atoms with E-state index in [9.17, 15) is 14.4 Å². The first kappa shape index (κ1) is 60.9. The van der Waals surface area contributed by atoms with Crippen LogP contribution in [0.1, 0.15) is 258 Å². The van der Waals surface area contributed by atoms with E-state index < -0.39 is 6.10 Å². The van der Waals surface area contributed by atoms with Gasteiger partial charge in [0.25, 0.3) is 0 Å². The Balaban J connectivity index is 4.41. The number of allylic oxidation sites excluding steroid dienone is 12. The molecule has 0 radical (unpaired) electrons. The molecule has 0 spiro atoms. The highest BCUT2D eigenvalue weighted by Crippen LogP contribution is 2.15. The first-order valence-electron chi connectivity index (χ1n) is 27.0. The molecule has 0 saturated carbocycles. The number of rotatable bonds is 48. The molecule has 1 atom stereocenters. The SMILES string of the molecule is CCC\C=C/C=C\C=C/C=C\C=C/CCCCCCCC(=O)OCC(COC(=O)CCCCCCCCCCCCC)OC(=O)CCCCCCCCC/C=C\CCCCCCCC. The molecule has 0 aromatic rings. The highest BCUT2D eigenvalue weighted by molar-refractivity contribution is 5.71. The van der Waals surface area contributed by atoms with Gasteiger partial charge in [0, 0.05) is 19.3 Å². The summed E-state index contributed by atoms with van der Waals surface area (Å²) in [5, 5.41) is 0. The van der Waals surface area contributed by atoms with Gasteiger partial charge >= 0.3 is 17.9 Å². The minimum atomic E-state index is -0.786. The second-order valence-electron chi connectivity index (χ2n) is 17.9. The van der Waals surface area contributed by atoms with Crippen LogP contribution < -0.4 is 0 Å². The summed E-state index contributed by atoms with van der Waals surface area (Å²) in [5.74, 6) is -0.910. The molecule has 0 bridgehead atoms. The second-order valence-corrected chi connectivity index (χ2v) is 17.9. The van der Waals surface area contributed by atoms with Gasteiger partial charge in [0.05, 0.1) is 0 Å². The van der Waals surface area contributed by atoms with Gasteiger partial charge in [-0.2, -0.15) is 0 Å². The Bertz CT molecular complexity index is 1210. The lowest BCUT2D eigenvalue weighted by Gasteiger charge is -2.18. The van der Waals surface area contributed by atoms with Gasteiger partial charge in [0.1, 0.15) is 13.2 Å². The van der Waals surface area contributed by atoms with Crippen molar-refractivity contribution in [2.45, 2.75) is 264 Å². The molecule has 0 aliphatic carbocycles. The third-order valence-corrected chi connectivity index (χ3v) is 11.5. The van der Waals surface area contributed by atoms with Crippen molar-refractivity contribution in [2.75, 3.05) is 13.2 Å². The molecule has 0 saturated heterocycles. The summed E-state index contributed by atoms with van der Waals surface area (Å²) in [4.78, 5) is 38.0. The largest absolute Gasteiger partial charge is 0.462 e. The van der Waals surface area contributed by atoms with Gasteiger partial charge in [-0.1, -0.05) is 248 Å². The third-order valence-electron chi connectivity index (χ3n) is 11.5. The average molecular weight is 893 g/mol. The fraction of sp³-hybridized carbons (Fsp3) is 0.741. The van der Waals surface area contributed by atoms with Crippen molar-refractivity contribution in [3.8, 4) is 0 Å². The fourth-order valence-corrected chi connectivity index (χ4v) is 7.47. The predicted molar refractivity (Wildman–Crippen MR) is 274 cm³/mol. The van der Waals surface area contributed by atoms with Crippen LogP contribution in [0.2, 0.25) is 0 Å². The monoisotopic (exact) mass is 893 g/mol. The van der Waals surface area contributed by atoms with Gasteiger partial charge in [-0.15, -0.1) is 0 Å². The molecule has 0 aliphatic rings. The summed E-state index contributed by atoms with van der Waals surface area (Å²) in [5.41, 5.74) is 0. The maximum atomic E-state index is 12.8. The second kappa shape index (κ2) is 52.5. The quantitative estimate of drug-likeness (QED) is 0.0199. The number of carbonyl (C=O) groups is 3. The van der Waals surface area contributed by atoms with E-state index in [4.69, 9.17) is 14.2 Å². The predicted octanol–water partition coefficient (Wildman–Crippen LogP) is 17.8. The summed E-state index contributed by atoms with van der Waals surface area (Å²) >= 11 is 0. The molecule has 0 rings (SSSR count). The van der Waals surface area contributed by atoms with Crippen molar-refractivity contribution in [1.29, 1.82) is 0 Å². The van der Waals surface area contributed by atoms with Crippen LogP contribution in [0.15, 0.2) is 72.9 Å². The summed E-state index contributed by atoms with van der Waals surface area (Å²) < 4.78 is 16.8. The molecular formula is C58H100O6. The molecule has 6 nitrogen and oxygen atoms in total. The molecule has 0 fully saturated rings. The van der Waals surface area contributed by atoms with Crippen LogP contribution in [0.3, 0.4) is 0 Å². The Morgan fingerprint density at radius 1 is 0.312 bits per heavy atom. The molecule has 0 N–H and O–H groups in total. The molecule has 368 valence electrons. The smallest absolute Gasteiger partial charge is 0.306 e. The van der Waals surface area contributed by atoms with E-state index in [0.717, 1.165) is 83.5 Å². The van der Waals surface area contributed by atoms with Crippen LogP contribution in [0.5, 0.6) is 0 Å². The van der Waals surface area contributed by atoms with Gasteiger partial charge < -0.3 is 14.2 Å². The van der Waals surface area contributed by atoms with Crippen molar-refractivity contribution >= 4 is 17.9 Å². The number of ether oxygens (including phenoxy) is 3. The molecule has 0 heterocycles. The molecule has 64 heavy (non-hydrogen) atoms. The Hall–Kier alpha value is -3.15. The van der Waals surface area contributed by atoms with Crippen molar-refractivity contribution < 1.29 is 28.6 Å². The number of unbranched alkanes of at least 4 members (excludes halogenated alkanes) is 29. The first-order valence-corrected chi connectivity index (χ1v) is 27.0. The lowest BCUT2D eigenvalue weighted by atomic mass is 10.1. The number of esters is 3. The van der Waals surface area contributed by atoms with E-state index in [1.54, 1.807) is 0 Å². The zero-order valence-corrected chi connectivity index (χ0v) is 42.0.